The second-order valence-electron chi connectivity index (χ2n) is 5.79. The van der Waals surface area contributed by atoms with Gasteiger partial charge in [0.05, 0.1) is 6.20 Å². The van der Waals surface area contributed by atoms with Gasteiger partial charge in [-0.25, -0.2) is 0 Å². The largest absolute Gasteiger partial charge is 0.573 e. The number of alkyl halides is 3. The van der Waals surface area contributed by atoms with Crippen molar-refractivity contribution in [3.05, 3.63) is 48.4 Å². The molecule has 2 aliphatic heterocycles. The molecule has 0 spiro atoms. The first-order valence-electron chi connectivity index (χ1n) is 7.69. The second kappa shape index (κ2) is 6.04. The lowest BCUT2D eigenvalue weighted by atomic mass is 9.95. The Morgan fingerprint density at radius 1 is 1.19 bits per heavy atom. The third-order valence-corrected chi connectivity index (χ3v) is 3.95. The van der Waals surface area contributed by atoms with E-state index in [-0.39, 0.29) is 5.75 Å². The Labute approximate surface area is 150 Å². The summed E-state index contributed by atoms with van der Waals surface area (Å²) >= 11 is 0. The van der Waals surface area contributed by atoms with Crippen LogP contribution in [-0.4, -0.2) is 33.8 Å². The third-order valence-electron chi connectivity index (χ3n) is 3.95. The minimum atomic E-state index is -4.79. The number of anilines is 1. The van der Waals surface area contributed by atoms with E-state index < -0.39 is 18.3 Å². The molecule has 3 heterocycles. The Morgan fingerprint density at radius 2 is 1.93 bits per heavy atom. The topological polar surface area (TPSA) is 84.4 Å². The van der Waals surface area contributed by atoms with E-state index in [0.717, 1.165) is 12.1 Å². The van der Waals surface area contributed by atoms with Crippen molar-refractivity contribution in [3.63, 3.8) is 0 Å². The van der Waals surface area contributed by atoms with Crippen LogP contribution in [0.15, 0.2) is 58.3 Å². The Kier molecular flexibility index (Phi) is 3.79. The molecule has 0 fully saturated rings. The molecule has 0 N–H and O–H groups in total. The number of hydrogen-bond acceptors (Lipinski definition) is 6. The van der Waals surface area contributed by atoms with Gasteiger partial charge >= 0.3 is 6.36 Å². The Bertz CT molecular complexity index is 990. The highest BCUT2D eigenvalue weighted by Gasteiger charge is 2.39. The fraction of sp³-hybridized carbons (Fsp3) is 0.188. The fourth-order valence-electron chi connectivity index (χ4n) is 2.79. The maximum atomic E-state index is 12.7. The molecular weight excluding hydrogens is 365 g/mol. The van der Waals surface area contributed by atoms with Crippen molar-refractivity contribution in [2.24, 2.45) is 22.5 Å². The van der Waals surface area contributed by atoms with Crippen LogP contribution in [0.2, 0.25) is 0 Å². The molecule has 1 aromatic heterocycles. The number of benzene rings is 1. The average Bonchev–Trinajstić information content (AvgIpc) is 3.24. The first-order valence-corrected chi connectivity index (χ1v) is 7.69. The summed E-state index contributed by atoms with van der Waals surface area (Å²) in [5.41, 5.74) is 2.08. The van der Waals surface area contributed by atoms with Crippen molar-refractivity contribution in [1.29, 1.82) is 0 Å². The summed E-state index contributed by atoms with van der Waals surface area (Å²) in [6.07, 6.45) is 0.117. The molecule has 8 nitrogen and oxygen atoms in total. The number of rotatable bonds is 3. The van der Waals surface area contributed by atoms with Crippen LogP contribution < -0.4 is 9.64 Å². The number of halogens is 3. The SMILES string of the molecule is Cn1cc(C2=CN(c3ccc(OC(F)(F)F)cc3)C(=O)C3N=NN=C23)cn1. The molecule has 1 aromatic carbocycles. The van der Waals surface area contributed by atoms with Gasteiger partial charge in [0.2, 0.25) is 0 Å². The van der Waals surface area contributed by atoms with Crippen molar-refractivity contribution in [3.8, 4) is 5.75 Å². The van der Waals surface area contributed by atoms with Crippen LogP contribution in [0.1, 0.15) is 5.56 Å². The third kappa shape index (κ3) is 3.18. The van der Waals surface area contributed by atoms with E-state index in [0.29, 0.717) is 22.5 Å². The van der Waals surface area contributed by atoms with E-state index in [1.54, 1.807) is 30.3 Å². The minimum absolute atomic E-state index is 0.358. The molecule has 138 valence electrons. The van der Waals surface area contributed by atoms with E-state index in [1.807, 2.05) is 0 Å². The normalized spacial score (nSPS) is 19.0. The molecule has 11 heteroatoms. The molecule has 4 rings (SSSR count). The lowest BCUT2D eigenvalue weighted by Crippen LogP contribution is -2.43. The van der Waals surface area contributed by atoms with Gasteiger partial charge in [-0.15, -0.1) is 23.4 Å². The average molecular weight is 376 g/mol. The summed E-state index contributed by atoms with van der Waals surface area (Å²) in [6.45, 7) is 0. The first kappa shape index (κ1) is 16.9. The number of carbonyl (C=O) groups is 1. The molecule has 1 atom stereocenters. The maximum Gasteiger partial charge on any atom is 0.573 e. The van der Waals surface area contributed by atoms with E-state index in [4.69, 9.17) is 0 Å². The molecule has 27 heavy (non-hydrogen) atoms. The summed E-state index contributed by atoms with van der Waals surface area (Å²) in [5.74, 6) is -0.790. The van der Waals surface area contributed by atoms with Crippen molar-refractivity contribution in [1.82, 2.24) is 9.78 Å². The van der Waals surface area contributed by atoms with Crippen LogP contribution in [0.4, 0.5) is 18.9 Å². The second-order valence-corrected chi connectivity index (χ2v) is 5.79. The molecule has 0 bridgehead atoms. The number of carbonyl (C=O) groups excluding carboxylic acids is 1. The predicted octanol–water partition coefficient (Wildman–Crippen LogP) is 2.90. The summed E-state index contributed by atoms with van der Waals surface area (Å²) < 4.78 is 42.4. The van der Waals surface area contributed by atoms with Crippen LogP contribution in [0.5, 0.6) is 5.75 Å². The number of nitrogens with zero attached hydrogens (tertiary/aromatic N) is 6. The van der Waals surface area contributed by atoms with Gasteiger partial charge in [0, 0.05) is 36.3 Å². The fourth-order valence-corrected chi connectivity index (χ4v) is 2.79. The summed E-state index contributed by atoms with van der Waals surface area (Å²) in [7, 11) is 1.75. The van der Waals surface area contributed by atoms with Gasteiger partial charge in [-0.05, 0) is 29.5 Å². The zero-order chi connectivity index (χ0) is 19.2. The molecular formula is C16H11F3N6O2. The number of hydrogen-bond donors (Lipinski definition) is 0. The van der Waals surface area contributed by atoms with E-state index in [9.17, 15) is 18.0 Å². The van der Waals surface area contributed by atoms with Gasteiger partial charge in [-0.1, -0.05) is 0 Å². The molecule has 0 saturated heterocycles. The van der Waals surface area contributed by atoms with Crippen LogP contribution in [0.3, 0.4) is 0 Å². The smallest absolute Gasteiger partial charge is 0.406 e. The molecule has 0 aliphatic carbocycles. The van der Waals surface area contributed by atoms with Gasteiger partial charge in [0.25, 0.3) is 5.91 Å². The number of amides is 1. The zero-order valence-electron chi connectivity index (χ0n) is 13.8. The minimum Gasteiger partial charge on any atom is -0.406 e. The summed E-state index contributed by atoms with van der Waals surface area (Å²) in [5, 5.41) is 15.5. The Morgan fingerprint density at radius 3 is 2.56 bits per heavy atom. The van der Waals surface area contributed by atoms with Crippen LogP contribution >= 0.6 is 0 Å². The van der Waals surface area contributed by atoms with Gasteiger partial charge in [-0.3, -0.25) is 14.4 Å². The monoisotopic (exact) mass is 376 g/mol. The first-order chi connectivity index (χ1) is 12.8. The molecule has 2 aromatic rings. The van der Waals surface area contributed by atoms with Gasteiger partial charge < -0.3 is 4.74 Å². The lowest BCUT2D eigenvalue weighted by molar-refractivity contribution is -0.274. The van der Waals surface area contributed by atoms with Crippen LogP contribution in [0.25, 0.3) is 5.57 Å². The van der Waals surface area contributed by atoms with E-state index >= 15 is 0 Å². The van der Waals surface area contributed by atoms with Crippen molar-refractivity contribution >= 4 is 22.9 Å². The zero-order valence-corrected chi connectivity index (χ0v) is 13.8. The predicted molar refractivity (Wildman–Crippen MR) is 87.9 cm³/mol. The quantitative estimate of drug-likeness (QED) is 0.826. The van der Waals surface area contributed by atoms with Gasteiger partial charge in [-0.2, -0.15) is 5.10 Å². The summed E-state index contributed by atoms with van der Waals surface area (Å²) in [4.78, 5) is 14.0. The standard InChI is InChI=1S/C16H11F3N6O2/c1-24-7-9(6-20-24)12-8-25(15(26)14-13(12)21-23-22-14)10-2-4-11(5-3-10)27-16(17,18)19/h2-8,14H,1H3. The highest BCUT2D eigenvalue weighted by Crippen LogP contribution is 2.32. The molecule has 0 saturated carbocycles. The van der Waals surface area contributed by atoms with Crippen molar-refractivity contribution < 1.29 is 22.7 Å². The van der Waals surface area contributed by atoms with Crippen molar-refractivity contribution in [2.45, 2.75) is 12.4 Å². The number of aryl methyl sites for hydroxylation is 1. The van der Waals surface area contributed by atoms with Crippen LogP contribution in [-0.2, 0) is 11.8 Å². The maximum absolute atomic E-state index is 12.7. The molecule has 0 radical (unpaired) electrons. The molecule has 1 unspecified atom stereocenters. The molecule has 1 amide bonds. The number of aromatic nitrogens is 2. The van der Waals surface area contributed by atoms with Gasteiger partial charge in [0.1, 0.15) is 11.5 Å². The lowest BCUT2D eigenvalue weighted by Gasteiger charge is -2.27. The van der Waals surface area contributed by atoms with Gasteiger partial charge in [0.15, 0.2) is 6.04 Å². The Hall–Kier alpha value is -3.50. The highest BCUT2D eigenvalue weighted by atomic mass is 19.4. The van der Waals surface area contributed by atoms with Crippen LogP contribution in [0, 0.1) is 0 Å². The number of fused-ring (bicyclic) bond motifs is 1. The summed E-state index contributed by atoms with van der Waals surface area (Å²) in [6, 6.07) is 4.06. The van der Waals surface area contributed by atoms with Crippen molar-refractivity contribution in [2.75, 3.05) is 4.90 Å². The highest BCUT2D eigenvalue weighted by molar-refractivity contribution is 6.37. The van der Waals surface area contributed by atoms with E-state index in [2.05, 4.69) is 25.3 Å². The van der Waals surface area contributed by atoms with E-state index in [1.165, 1.54) is 17.0 Å². The molecule has 2 aliphatic rings. The Balaban J connectivity index is 1.71. The number of ether oxygens (including phenoxy) is 1.